The van der Waals surface area contributed by atoms with Crippen LogP contribution < -0.4 is 5.32 Å². The zero-order valence-electron chi connectivity index (χ0n) is 21.6. The number of anilines is 2. The Balaban J connectivity index is 1.35. The number of hydrogen-bond acceptors (Lipinski definition) is 6. The second-order valence-corrected chi connectivity index (χ2v) is 11.4. The summed E-state index contributed by atoms with van der Waals surface area (Å²) in [4.78, 5) is 12.4. The Morgan fingerprint density at radius 2 is 1.57 bits per heavy atom. The van der Waals surface area contributed by atoms with Crippen LogP contribution in [0.4, 0.5) is 11.5 Å². The van der Waals surface area contributed by atoms with Crippen molar-refractivity contribution in [3.63, 3.8) is 0 Å². The maximum atomic E-state index is 13.2. The monoisotopic (exact) mass is 515 g/mol. The van der Waals surface area contributed by atoms with Crippen molar-refractivity contribution in [2.45, 2.75) is 38.1 Å². The molecule has 0 spiro atoms. The van der Waals surface area contributed by atoms with E-state index < -0.39 is 10.0 Å². The van der Waals surface area contributed by atoms with Crippen molar-refractivity contribution in [3.8, 4) is 0 Å². The van der Waals surface area contributed by atoms with Gasteiger partial charge in [0.15, 0.2) is 0 Å². The van der Waals surface area contributed by atoms with Gasteiger partial charge in [0.05, 0.1) is 16.5 Å². The number of piperazine rings is 1. The average molecular weight is 516 g/mol. The summed E-state index contributed by atoms with van der Waals surface area (Å²) in [7, 11) is -3.51. The molecule has 7 nitrogen and oxygen atoms in total. The van der Waals surface area contributed by atoms with Crippen LogP contribution in [0.3, 0.4) is 0 Å². The number of nitrogens with one attached hydrogen (secondary N) is 1. The highest BCUT2D eigenvalue weighted by atomic mass is 32.2. The van der Waals surface area contributed by atoms with Crippen LogP contribution in [0.25, 0.3) is 10.9 Å². The third-order valence-corrected chi connectivity index (χ3v) is 9.10. The molecule has 0 unspecified atom stereocenters. The number of aryl methyl sites for hydroxylation is 2. The van der Waals surface area contributed by atoms with Crippen LogP contribution >= 0.6 is 0 Å². The van der Waals surface area contributed by atoms with Gasteiger partial charge in [-0.2, -0.15) is 4.31 Å². The number of para-hydroxylation sites is 2. The highest BCUT2D eigenvalue weighted by Gasteiger charge is 2.31. The molecule has 0 bridgehead atoms. The molecule has 2 heterocycles. The Morgan fingerprint density at radius 3 is 2.27 bits per heavy atom. The average Bonchev–Trinajstić information content (AvgIpc) is 2.94. The molecule has 4 aromatic rings. The second-order valence-electron chi connectivity index (χ2n) is 9.50. The molecular formula is C29H33N5O2S. The maximum absolute atomic E-state index is 13.2. The van der Waals surface area contributed by atoms with Crippen LogP contribution in [0.1, 0.15) is 36.8 Å². The predicted molar refractivity (Wildman–Crippen MR) is 149 cm³/mol. The topological polar surface area (TPSA) is 78.4 Å². The van der Waals surface area contributed by atoms with Crippen LogP contribution in [-0.4, -0.2) is 53.8 Å². The van der Waals surface area contributed by atoms with Gasteiger partial charge in [-0.05, 0) is 61.7 Å². The first-order valence-corrected chi connectivity index (χ1v) is 14.2. The Kier molecular flexibility index (Phi) is 7.24. The number of sulfonamides is 1. The van der Waals surface area contributed by atoms with Gasteiger partial charge in [0.1, 0.15) is 11.6 Å². The normalized spacial score (nSPS) is 16.1. The van der Waals surface area contributed by atoms with Crippen molar-refractivity contribution in [3.05, 3.63) is 89.7 Å². The lowest BCUT2D eigenvalue weighted by atomic mass is 10.1. The van der Waals surface area contributed by atoms with E-state index in [1.165, 1.54) is 0 Å². The van der Waals surface area contributed by atoms with Crippen molar-refractivity contribution in [1.82, 2.24) is 19.2 Å². The summed E-state index contributed by atoms with van der Waals surface area (Å²) in [5.41, 5.74) is 4.16. The number of nitrogens with zero attached hydrogens (tertiary/aromatic N) is 4. The van der Waals surface area contributed by atoms with E-state index in [0.29, 0.717) is 31.1 Å². The summed E-state index contributed by atoms with van der Waals surface area (Å²) in [5, 5.41) is 4.47. The Hall–Kier alpha value is -3.33. The molecule has 37 heavy (non-hydrogen) atoms. The van der Waals surface area contributed by atoms with Crippen LogP contribution in [0.2, 0.25) is 0 Å². The minimum Gasteiger partial charge on any atom is -0.339 e. The Labute approximate surface area is 219 Å². The lowest BCUT2D eigenvalue weighted by Gasteiger charge is -2.37. The molecule has 1 aliphatic heterocycles. The number of fused-ring (bicyclic) bond motifs is 1. The van der Waals surface area contributed by atoms with Crippen molar-refractivity contribution in [2.75, 3.05) is 31.5 Å². The third-order valence-electron chi connectivity index (χ3n) is 7.18. The molecule has 0 radical (unpaired) electrons. The van der Waals surface area contributed by atoms with Gasteiger partial charge in [-0.15, -0.1) is 0 Å². The molecule has 1 saturated heterocycles. The number of benzene rings is 3. The first-order chi connectivity index (χ1) is 17.9. The van der Waals surface area contributed by atoms with Crippen molar-refractivity contribution < 1.29 is 8.42 Å². The van der Waals surface area contributed by atoms with Crippen molar-refractivity contribution in [1.29, 1.82) is 0 Å². The smallest absolute Gasteiger partial charge is 0.243 e. The molecule has 1 aliphatic rings. The first-order valence-electron chi connectivity index (χ1n) is 12.8. The standard InChI is InChI=1S/C29H33N5O2S/c1-4-23-13-15-24(16-14-23)37(35,36)34-19-17-33(18-20-34)22(3)28-31-27-12-8-6-10-25(27)29(32-28)30-26-11-7-5-9-21(26)2/h5-16,22H,4,17-20H2,1-3H3,(H,30,31,32)/t22-/m0/s1. The van der Waals surface area contributed by atoms with Gasteiger partial charge < -0.3 is 5.32 Å². The van der Waals surface area contributed by atoms with Gasteiger partial charge in [0.25, 0.3) is 0 Å². The van der Waals surface area contributed by atoms with Crippen LogP contribution in [0.15, 0.2) is 77.7 Å². The zero-order valence-corrected chi connectivity index (χ0v) is 22.4. The summed E-state index contributed by atoms with van der Waals surface area (Å²) in [6.07, 6.45) is 0.885. The largest absolute Gasteiger partial charge is 0.339 e. The molecule has 0 aliphatic carbocycles. The summed E-state index contributed by atoms with van der Waals surface area (Å²) in [6.45, 7) is 8.32. The van der Waals surface area contributed by atoms with Crippen LogP contribution in [0, 0.1) is 6.92 Å². The summed E-state index contributed by atoms with van der Waals surface area (Å²) in [6, 6.07) is 23.3. The highest BCUT2D eigenvalue weighted by Crippen LogP contribution is 2.29. The van der Waals surface area contributed by atoms with Gasteiger partial charge in [-0.3, -0.25) is 4.90 Å². The van der Waals surface area contributed by atoms with E-state index >= 15 is 0 Å². The summed E-state index contributed by atoms with van der Waals surface area (Å²) < 4.78 is 28.0. The molecule has 1 atom stereocenters. The van der Waals surface area contributed by atoms with Gasteiger partial charge in [-0.25, -0.2) is 18.4 Å². The quantitative estimate of drug-likeness (QED) is 0.359. The molecule has 192 valence electrons. The second kappa shape index (κ2) is 10.6. The molecule has 3 aromatic carbocycles. The lowest BCUT2D eigenvalue weighted by Crippen LogP contribution is -2.49. The van der Waals surface area contributed by atoms with Crippen LogP contribution in [0.5, 0.6) is 0 Å². The fourth-order valence-electron chi connectivity index (χ4n) is 4.76. The Bertz CT molecular complexity index is 1500. The molecule has 8 heteroatoms. The van der Waals surface area contributed by atoms with Gasteiger partial charge in [0, 0.05) is 37.3 Å². The van der Waals surface area contributed by atoms with E-state index in [-0.39, 0.29) is 6.04 Å². The molecule has 5 rings (SSSR count). The SMILES string of the molecule is CCc1ccc(S(=O)(=O)N2CCN([C@@H](C)c3nc(Nc4ccccc4C)c4ccccc4n3)CC2)cc1. The van der Waals surface area contributed by atoms with Gasteiger partial charge >= 0.3 is 0 Å². The zero-order chi connectivity index (χ0) is 26.0. The molecule has 1 fully saturated rings. The molecule has 0 saturated carbocycles. The predicted octanol–water partition coefficient (Wildman–Crippen LogP) is 5.31. The van der Waals surface area contributed by atoms with E-state index in [0.717, 1.165) is 45.8 Å². The van der Waals surface area contributed by atoms with Gasteiger partial charge in [0.2, 0.25) is 10.0 Å². The van der Waals surface area contributed by atoms with Crippen LogP contribution in [-0.2, 0) is 16.4 Å². The lowest BCUT2D eigenvalue weighted by molar-refractivity contribution is 0.141. The molecule has 0 amide bonds. The minimum absolute atomic E-state index is 0.0595. The summed E-state index contributed by atoms with van der Waals surface area (Å²) >= 11 is 0. The third kappa shape index (κ3) is 5.23. The molecule has 1 N–H and O–H groups in total. The molecular weight excluding hydrogens is 482 g/mol. The van der Waals surface area contributed by atoms with E-state index in [4.69, 9.17) is 9.97 Å². The maximum Gasteiger partial charge on any atom is 0.243 e. The van der Waals surface area contributed by atoms with Crippen molar-refractivity contribution in [2.24, 2.45) is 0 Å². The van der Waals surface area contributed by atoms with Crippen molar-refractivity contribution >= 4 is 32.4 Å². The highest BCUT2D eigenvalue weighted by molar-refractivity contribution is 7.89. The van der Waals surface area contributed by atoms with E-state index in [1.54, 1.807) is 16.4 Å². The number of rotatable bonds is 7. The fraction of sp³-hybridized carbons (Fsp3) is 0.310. The number of hydrogen-bond donors (Lipinski definition) is 1. The van der Waals surface area contributed by atoms with Gasteiger partial charge in [-0.1, -0.05) is 49.4 Å². The van der Waals surface area contributed by atoms with E-state index in [1.807, 2.05) is 54.6 Å². The Morgan fingerprint density at radius 1 is 0.892 bits per heavy atom. The minimum atomic E-state index is -3.51. The first kappa shape index (κ1) is 25.3. The fourth-order valence-corrected chi connectivity index (χ4v) is 6.18. The number of aromatic nitrogens is 2. The summed E-state index contributed by atoms with van der Waals surface area (Å²) in [5.74, 6) is 1.50. The van der Waals surface area contributed by atoms with E-state index in [2.05, 4.69) is 37.1 Å². The van der Waals surface area contributed by atoms with E-state index in [9.17, 15) is 8.42 Å². The molecule has 1 aromatic heterocycles.